The van der Waals surface area contributed by atoms with Crippen molar-refractivity contribution in [2.24, 2.45) is 0 Å². The zero-order valence-electron chi connectivity index (χ0n) is 11.8. The highest BCUT2D eigenvalue weighted by Crippen LogP contribution is 2.31. The van der Waals surface area contributed by atoms with Crippen molar-refractivity contribution in [3.8, 4) is 0 Å². The Bertz CT molecular complexity index is 558. The number of nitrogens with one attached hydrogen (secondary N) is 2. The summed E-state index contributed by atoms with van der Waals surface area (Å²) in [7, 11) is 0. The van der Waals surface area contributed by atoms with E-state index in [1.807, 2.05) is 18.2 Å². The van der Waals surface area contributed by atoms with Crippen molar-refractivity contribution >= 4 is 11.8 Å². The molecule has 1 heterocycles. The molecule has 3 rings (SSSR count). The van der Waals surface area contributed by atoms with Gasteiger partial charge in [0.2, 0.25) is 11.8 Å². The SMILES string of the molecule is O=C1CC[C@@H](NC(=O)[C@H]2CCCc3ccccc32)C(O)N1. The second-order valence-electron chi connectivity index (χ2n) is 5.81. The lowest BCUT2D eigenvalue weighted by molar-refractivity contribution is -0.131. The van der Waals surface area contributed by atoms with Gasteiger partial charge in [0.15, 0.2) is 0 Å². The van der Waals surface area contributed by atoms with Gasteiger partial charge in [-0.05, 0) is 36.8 Å². The molecule has 0 bridgehead atoms. The van der Waals surface area contributed by atoms with E-state index in [2.05, 4.69) is 16.7 Å². The molecule has 0 spiro atoms. The number of aliphatic hydroxyl groups is 1. The van der Waals surface area contributed by atoms with Gasteiger partial charge in [-0.25, -0.2) is 0 Å². The Morgan fingerprint density at radius 3 is 2.86 bits per heavy atom. The number of amides is 2. The molecule has 3 atom stereocenters. The number of fused-ring (bicyclic) bond motifs is 1. The molecule has 1 aliphatic heterocycles. The van der Waals surface area contributed by atoms with Gasteiger partial charge < -0.3 is 15.7 Å². The predicted molar refractivity (Wildman–Crippen MR) is 77.4 cm³/mol. The van der Waals surface area contributed by atoms with Gasteiger partial charge in [-0.2, -0.15) is 0 Å². The number of hydrogen-bond acceptors (Lipinski definition) is 3. The molecule has 1 aromatic carbocycles. The smallest absolute Gasteiger partial charge is 0.227 e. The fourth-order valence-corrected chi connectivity index (χ4v) is 3.24. The van der Waals surface area contributed by atoms with E-state index in [4.69, 9.17) is 0 Å². The Morgan fingerprint density at radius 1 is 1.24 bits per heavy atom. The number of carbonyl (C=O) groups is 2. The molecule has 1 unspecified atom stereocenters. The van der Waals surface area contributed by atoms with Crippen LogP contribution in [0.4, 0.5) is 0 Å². The molecule has 0 radical (unpaired) electrons. The van der Waals surface area contributed by atoms with Gasteiger partial charge in [-0.1, -0.05) is 24.3 Å². The molecule has 2 aliphatic rings. The van der Waals surface area contributed by atoms with E-state index in [1.165, 1.54) is 5.56 Å². The van der Waals surface area contributed by atoms with Gasteiger partial charge in [-0.3, -0.25) is 9.59 Å². The minimum atomic E-state index is -0.992. The lowest BCUT2D eigenvalue weighted by Crippen LogP contribution is -2.56. The number of benzene rings is 1. The van der Waals surface area contributed by atoms with Crippen molar-refractivity contribution in [2.75, 3.05) is 0 Å². The van der Waals surface area contributed by atoms with Crippen LogP contribution in [-0.4, -0.2) is 29.2 Å². The molecule has 0 saturated carbocycles. The Balaban J connectivity index is 1.70. The van der Waals surface area contributed by atoms with E-state index >= 15 is 0 Å². The fourth-order valence-electron chi connectivity index (χ4n) is 3.24. The summed E-state index contributed by atoms with van der Waals surface area (Å²) >= 11 is 0. The van der Waals surface area contributed by atoms with Gasteiger partial charge in [0.1, 0.15) is 6.23 Å². The summed E-state index contributed by atoms with van der Waals surface area (Å²) in [4.78, 5) is 23.7. The van der Waals surface area contributed by atoms with Crippen LogP contribution in [0.25, 0.3) is 0 Å². The molecular weight excluding hydrogens is 268 g/mol. The second-order valence-corrected chi connectivity index (χ2v) is 5.81. The summed E-state index contributed by atoms with van der Waals surface area (Å²) in [5, 5.41) is 15.2. The normalized spacial score (nSPS) is 28.4. The van der Waals surface area contributed by atoms with Crippen molar-refractivity contribution in [1.82, 2.24) is 10.6 Å². The lowest BCUT2D eigenvalue weighted by Gasteiger charge is -2.31. The number of piperidine rings is 1. The van der Waals surface area contributed by atoms with Gasteiger partial charge >= 0.3 is 0 Å². The van der Waals surface area contributed by atoms with Gasteiger partial charge in [0, 0.05) is 6.42 Å². The van der Waals surface area contributed by atoms with E-state index < -0.39 is 12.3 Å². The van der Waals surface area contributed by atoms with Crippen LogP contribution in [0.3, 0.4) is 0 Å². The summed E-state index contributed by atoms with van der Waals surface area (Å²) < 4.78 is 0. The van der Waals surface area contributed by atoms with Gasteiger partial charge in [0.05, 0.1) is 12.0 Å². The number of carbonyl (C=O) groups excluding carboxylic acids is 2. The summed E-state index contributed by atoms with van der Waals surface area (Å²) in [6.45, 7) is 0. The maximum Gasteiger partial charge on any atom is 0.227 e. The summed E-state index contributed by atoms with van der Waals surface area (Å²) in [6.07, 6.45) is 2.67. The third-order valence-electron chi connectivity index (χ3n) is 4.39. The minimum absolute atomic E-state index is 0.0534. The third kappa shape index (κ3) is 2.93. The maximum atomic E-state index is 12.5. The average Bonchev–Trinajstić information content (AvgIpc) is 2.49. The van der Waals surface area contributed by atoms with Gasteiger partial charge in [-0.15, -0.1) is 0 Å². The first-order chi connectivity index (χ1) is 10.1. The van der Waals surface area contributed by atoms with Gasteiger partial charge in [0.25, 0.3) is 0 Å². The highest BCUT2D eigenvalue weighted by molar-refractivity contribution is 5.85. The van der Waals surface area contributed by atoms with Crippen LogP contribution >= 0.6 is 0 Å². The molecule has 1 saturated heterocycles. The Morgan fingerprint density at radius 2 is 2.05 bits per heavy atom. The van der Waals surface area contributed by atoms with Crippen LogP contribution in [0, 0.1) is 0 Å². The largest absolute Gasteiger partial charge is 0.372 e. The summed E-state index contributed by atoms with van der Waals surface area (Å²) in [5.41, 5.74) is 2.33. The molecule has 1 aliphatic carbocycles. The van der Waals surface area contributed by atoms with E-state index in [9.17, 15) is 14.7 Å². The molecule has 2 amide bonds. The first-order valence-electron chi connectivity index (χ1n) is 7.51. The molecular formula is C16H20N2O3. The molecule has 112 valence electrons. The molecule has 5 heteroatoms. The predicted octanol–water partition coefficient (Wildman–Crippen LogP) is 0.820. The van der Waals surface area contributed by atoms with E-state index in [1.54, 1.807) is 0 Å². The zero-order valence-corrected chi connectivity index (χ0v) is 11.8. The summed E-state index contributed by atoms with van der Waals surface area (Å²) in [5.74, 6) is -0.377. The zero-order chi connectivity index (χ0) is 14.8. The first-order valence-corrected chi connectivity index (χ1v) is 7.51. The van der Waals surface area contributed by atoms with Crippen molar-refractivity contribution < 1.29 is 14.7 Å². The quantitative estimate of drug-likeness (QED) is 0.754. The standard InChI is InChI=1S/C16H20N2O3/c19-14-9-8-13(16(21)18-14)17-15(20)12-7-3-5-10-4-1-2-6-11(10)12/h1-2,4,6,12-13,16,21H,3,5,7-9H2,(H,17,20)(H,18,19)/t12-,13+,16?/m0/s1. The number of aryl methyl sites for hydroxylation is 1. The van der Waals surface area contributed by atoms with Crippen LogP contribution in [0.2, 0.25) is 0 Å². The number of aliphatic hydroxyl groups excluding tert-OH is 1. The Labute approximate surface area is 123 Å². The topological polar surface area (TPSA) is 78.4 Å². The Kier molecular flexibility index (Phi) is 3.92. The molecule has 3 N–H and O–H groups in total. The van der Waals surface area contributed by atoms with Crippen LogP contribution in [0.1, 0.15) is 42.7 Å². The van der Waals surface area contributed by atoms with Crippen molar-refractivity contribution in [3.63, 3.8) is 0 Å². The van der Waals surface area contributed by atoms with Crippen LogP contribution in [-0.2, 0) is 16.0 Å². The van der Waals surface area contributed by atoms with Crippen LogP contribution in [0.15, 0.2) is 24.3 Å². The minimum Gasteiger partial charge on any atom is -0.372 e. The molecule has 5 nitrogen and oxygen atoms in total. The number of hydrogen-bond donors (Lipinski definition) is 3. The van der Waals surface area contributed by atoms with E-state index in [0.29, 0.717) is 12.8 Å². The lowest BCUT2D eigenvalue weighted by atomic mass is 9.82. The van der Waals surface area contributed by atoms with Crippen molar-refractivity contribution in [1.29, 1.82) is 0 Å². The maximum absolute atomic E-state index is 12.5. The molecule has 1 fully saturated rings. The highest BCUT2D eigenvalue weighted by Gasteiger charge is 2.32. The highest BCUT2D eigenvalue weighted by atomic mass is 16.3. The Hall–Kier alpha value is -1.88. The summed E-state index contributed by atoms with van der Waals surface area (Å²) in [6, 6.07) is 7.64. The van der Waals surface area contributed by atoms with Crippen molar-refractivity contribution in [2.45, 2.75) is 50.3 Å². The third-order valence-corrected chi connectivity index (χ3v) is 4.39. The van der Waals surface area contributed by atoms with E-state index in [0.717, 1.165) is 24.8 Å². The number of rotatable bonds is 2. The first kappa shape index (κ1) is 14.1. The monoisotopic (exact) mass is 288 g/mol. The molecule has 21 heavy (non-hydrogen) atoms. The average molecular weight is 288 g/mol. The van der Waals surface area contributed by atoms with Crippen LogP contribution in [0.5, 0.6) is 0 Å². The molecule has 1 aromatic rings. The molecule has 0 aromatic heterocycles. The second kappa shape index (κ2) is 5.85. The van der Waals surface area contributed by atoms with Crippen LogP contribution < -0.4 is 10.6 Å². The van der Waals surface area contributed by atoms with Crippen molar-refractivity contribution in [3.05, 3.63) is 35.4 Å². The fraction of sp³-hybridized carbons (Fsp3) is 0.500. The van der Waals surface area contributed by atoms with E-state index in [-0.39, 0.29) is 17.7 Å².